The molecule has 0 unspecified atom stereocenters. The third-order valence-electron chi connectivity index (χ3n) is 3.51. The van der Waals surface area contributed by atoms with Gasteiger partial charge in [-0.3, -0.25) is 19.6 Å². The van der Waals surface area contributed by atoms with Crippen LogP contribution in [0.2, 0.25) is 0 Å². The van der Waals surface area contributed by atoms with Gasteiger partial charge in [-0.05, 0) is 26.2 Å². The number of hydrogen-bond donors (Lipinski definition) is 0. The Kier molecular flexibility index (Phi) is 3.24. The van der Waals surface area contributed by atoms with Crippen molar-refractivity contribution in [3.8, 4) is 0 Å². The zero-order valence-electron chi connectivity index (χ0n) is 9.54. The molecule has 2 amide bonds. The van der Waals surface area contributed by atoms with E-state index in [1.54, 1.807) is 10.0 Å². The first kappa shape index (κ1) is 11.9. The van der Waals surface area contributed by atoms with Gasteiger partial charge < -0.3 is 0 Å². The molecule has 0 spiro atoms. The van der Waals surface area contributed by atoms with Crippen molar-refractivity contribution in [2.24, 2.45) is 5.41 Å². The highest BCUT2D eigenvalue weighted by atomic mass is 79.9. The molecular weight excluding hydrogens is 272 g/mol. The highest BCUT2D eigenvalue weighted by molar-refractivity contribution is 9.09. The maximum absolute atomic E-state index is 12.4. The van der Waals surface area contributed by atoms with Crippen LogP contribution in [-0.2, 0) is 9.59 Å². The summed E-state index contributed by atoms with van der Waals surface area (Å²) in [7, 11) is 0. The third kappa shape index (κ3) is 1.85. The van der Waals surface area contributed by atoms with Gasteiger partial charge in [-0.1, -0.05) is 15.9 Å². The smallest absolute Gasteiger partial charge is 0.247 e. The zero-order chi connectivity index (χ0) is 11.8. The van der Waals surface area contributed by atoms with Crippen molar-refractivity contribution in [1.29, 1.82) is 0 Å². The first-order valence-electron chi connectivity index (χ1n) is 5.77. The topological polar surface area (TPSA) is 40.6 Å². The second-order valence-corrected chi connectivity index (χ2v) is 5.41. The van der Waals surface area contributed by atoms with E-state index in [-0.39, 0.29) is 11.8 Å². The average molecular weight is 289 g/mol. The number of alkyl halides is 1. The Labute approximate surface area is 104 Å². The molecular formula is C11H17BrN2O2. The lowest BCUT2D eigenvalue weighted by Crippen LogP contribution is -2.54. The van der Waals surface area contributed by atoms with Crippen molar-refractivity contribution >= 4 is 27.7 Å². The summed E-state index contributed by atoms with van der Waals surface area (Å²) in [5, 5.41) is 3.94. The van der Waals surface area contributed by atoms with Gasteiger partial charge >= 0.3 is 0 Å². The van der Waals surface area contributed by atoms with Gasteiger partial charge in [0.1, 0.15) is 0 Å². The number of hydrazine groups is 1. The number of hydrogen-bond acceptors (Lipinski definition) is 2. The van der Waals surface area contributed by atoms with E-state index in [0.717, 1.165) is 12.8 Å². The molecule has 90 valence electrons. The Bertz CT molecular complexity index is 321. The molecule has 1 atom stereocenters. The van der Waals surface area contributed by atoms with Crippen molar-refractivity contribution in [3.63, 3.8) is 0 Å². The molecule has 2 saturated heterocycles. The summed E-state index contributed by atoms with van der Waals surface area (Å²) in [6.07, 6.45) is 3.11. The molecule has 0 saturated carbocycles. The minimum Gasteiger partial charge on any atom is -0.273 e. The van der Waals surface area contributed by atoms with Gasteiger partial charge in [0.25, 0.3) is 0 Å². The summed E-state index contributed by atoms with van der Waals surface area (Å²) >= 11 is 3.40. The molecule has 0 aliphatic carbocycles. The van der Waals surface area contributed by atoms with Gasteiger partial charge in [-0.25, -0.2) is 0 Å². The lowest BCUT2D eigenvalue weighted by atomic mass is 9.87. The summed E-state index contributed by atoms with van der Waals surface area (Å²) in [5.74, 6) is 0.188. The van der Waals surface area contributed by atoms with E-state index in [4.69, 9.17) is 0 Å². The highest BCUT2D eigenvalue weighted by Crippen LogP contribution is 2.33. The quantitative estimate of drug-likeness (QED) is 0.687. The van der Waals surface area contributed by atoms with Crippen LogP contribution in [0.1, 0.15) is 32.6 Å². The highest BCUT2D eigenvalue weighted by Gasteiger charge is 2.43. The maximum Gasteiger partial charge on any atom is 0.247 e. The van der Waals surface area contributed by atoms with E-state index in [1.807, 2.05) is 6.92 Å². The zero-order valence-corrected chi connectivity index (χ0v) is 11.1. The summed E-state index contributed by atoms with van der Waals surface area (Å²) in [6, 6.07) is 0. The predicted molar refractivity (Wildman–Crippen MR) is 63.8 cm³/mol. The van der Waals surface area contributed by atoms with E-state index in [9.17, 15) is 9.59 Å². The summed E-state index contributed by atoms with van der Waals surface area (Å²) in [4.78, 5) is 24.3. The van der Waals surface area contributed by atoms with E-state index in [0.29, 0.717) is 31.3 Å². The van der Waals surface area contributed by atoms with Gasteiger partial charge in [0, 0.05) is 24.8 Å². The fourth-order valence-corrected chi connectivity index (χ4v) is 2.81. The minimum atomic E-state index is -0.429. The standard InChI is InChI=1S/C11H17BrN2O2/c1-11(8-12)5-4-9(15)13-6-2-3-7-14(13)10(11)16/h2-8H2,1H3/t11-/m1/s1. The molecule has 4 nitrogen and oxygen atoms in total. The fraction of sp³-hybridized carbons (Fsp3) is 0.818. The fourth-order valence-electron chi connectivity index (χ4n) is 2.29. The molecule has 2 aliphatic rings. The molecule has 0 radical (unpaired) electrons. The van der Waals surface area contributed by atoms with Crippen LogP contribution >= 0.6 is 15.9 Å². The van der Waals surface area contributed by atoms with Crippen molar-refractivity contribution in [1.82, 2.24) is 10.0 Å². The molecule has 0 aromatic carbocycles. The molecule has 16 heavy (non-hydrogen) atoms. The summed E-state index contributed by atoms with van der Waals surface area (Å²) < 4.78 is 0. The van der Waals surface area contributed by atoms with Crippen molar-refractivity contribution in [2.45, 2.75) is 32.6 Å². The van der Waals surface area contributed by atoms with Gasteiger partial charge in [0.15, 0.2) is 0 Å². The number of carbonyl (C=O) groups excluding carboxylic acids is 2. The molecule has 0 aromatic rings. The maximum atomic E-state index is 12.4. The molecule has 2 aliphatic heterocycles. The van der Waals surface area contributed by atoms with Crippen molar-refractivity contribution in [2.75, 3.05) is 18.4 Å². The number of halogens is 1. The monoisotopic (exact) mass is 288 g/mol. The average Bonchev–Trinajstić information content (AvgIpc) is 2.42. The number of amides is 2. The van der Waals surface area contributed by atoms with Crippen LogP contribution in [0.4, 0.5) is 0 Å². The van der Waals surface area contributed by atoms with E-state index in [2.05, 4.69) is 15.9 Å². The molecule has 0 N–H and O–H groups in total. The van der Waals surface area contributed by atoms with Gasteiger partial charge in [0.2, 0.25) is 11.8 Å². The number of rotatable bonds is 1. The molecule has 2 rings (SSSR count). The van der Waals surface area contributed by atoms with E-state index < -0.39 is 5.41 Å². The SMILES string of the molecule is C[C@]1(CBr)CCC(=O)N2CCCCN2C1=O. The second kappa shape index (κ2) is 4.35. The van der Waals surface area contributed by atoms with Crippen LogP contribution in [-0.4, -0.2) is 40.3 Å². The summed E-state index contributed by atoms with van der Waals surface area (Å²) in [6.45, 7) is 3.32. The second-order valence-electron chi connectivity index (χ2n) is 4.85. The molecule has 2 heterocycles. The Morgan fingerprint density at radius 3 is 2.50 bits per heavy atom. The molecule has 5 heteroatoms. The largest absolute Gasteiger partial charge is 0.273 e. The van der Waals surface area contributed by atoms with Crippen LogP contribution < -0.4 is 0 Å². The van der Waals surface area contributed by atoms with Gasteiger partial charge in [-0.2, -0.15) is 0 Å². The van der Waals surface area contributed by atoms with Crippen molar-refractivity contribution in [3.05, 3.63) is 0 Å². The Morgan fingerprint density at radius 2 is 1.88 bits per heavy atom. The van der Waals surface area contributed by atoms with Gasteiger partial charge in [0.05, 0.1) is 5.41 Å². The third-order valence-corrected chi connectivity index (χ3v) is 4.74. The van der Waals surface area contributed by atoms with Crippen LogP contribution in [0.3, 0.4) is 0 Å². The first-order chi connectivity index (χ1) is 7.58. The number of carbonyl (C=O) groups is 2. The Hall–Kier alpha value is -0.580. The molecule has 0 bridgehead atoms. The minimum absolute atomic E-state index is 0.0925. The number of fused-ring (bicyclic) bond motifs is 1. The lowest BCUT2D eigenvalue weighted by molar-refractivity contribution is -0.169. The lowest BCUT2D eigenvalue weighted by Gasteiger charge is -2.39. The van der Waals surface area contributed by atoms with E-state index >= 15 is 0 Å². The predicted octanol–water partition coefficient (Wildman–Crippen LogP) is 1.55. The Morgan fingerprint density at radius 1 is 1.25 bits per heavy atom. The van der Waals surface area contributed by atoms with Crippen LogP contribution in [0.25, 0.3) is 0 Å². The Balaban J connectivity index is 2.29. The molecule has 0 aromatic heterocycles. The summed E-state index contributed by atoms with van der Waals surface area (Å²) in [5.41, 5.74) is -0.429. The normalized spacial score (nSPS) is 31.4. The van der Waals surface area contributed by atoms with Crippen LogP contribution in [0.5, 0.6) is 0 Å². The molecule has 2 fully saturated rings. The van der Waals surface area contributed by atoms with Crippen LogP contribution in [0.15, 0.2) is 0 Å². The van der Waals surface area contributed by atoms with Gasteiger partial charge in [-0.15, -0.1) is 0 Å². The van der Waals surface area contributed by atoms with Crippen LogP contribution in [0, 0.1) is 5.41 Å². The van der Waals surface area contributed by atoms with E-state index in [1.165, 1.54) is 0 Å². The first-order valence-corrected chi connectivity index (χ1v) is 6.89. The number of nitrogens with zero attached hydrogens (tertiary/aromatic N) is 2. The van der Waals surface area contributed by atoms with Crippen molar-refractivity contribution < 1.29 is 9.59 Å².